The summed E-state index contributed by atoms with van der Waals surface area (Å²) in [5.41, 5.74) is 2.14. The molecule has 3 atom stereocenters. The van der Waals surface area contributed by atoms with Crippen molar-refractivity contribution in [3.63, 3.8) is 0 Å². The monoisotopic (exact) mass is 661 g/mol. The molecule has 2 aliphatic heterocycles. The predicted octanol–water partition coefficient (Wildman–Crippen LogP) is 6.60. The second kappa shape index (κ2) is 14.1. The van der Waals surface area contributed by atoms with Gasteiger partial charge in [-0.3, -0.25) is 24.7 Å². The van der Waals surface area contributed by atoms with Crippen molar-refractivity contribution in [1.29, 1.82) is 5.41 Å². The number of carbonyl (C=O) groups is 4. The lowest BCUT2D eigenvalue weighted by Crippen LogP contribution is -2.48. The van der Waals surface area contributed by atoms with Gasteiger partial charge in [0.05, 0.1) is 23.1 Å². The average Bonchev–Trinajstić information content (AvgIpc) is 3.45. The van der Waals surface area contributed by atoms with Crippen LogP contribution < -0.4 is 0 Å². The standard InChI is InChI=1S/C32H34Cl3N3O6/c1-19(2)16-20(3)26(44-30(36)32(33,34)35)25(14-9-15-37-27(39)23-12-7-8-13-24(23)28(37)40)29(41)38-22(18-43-31(38)42)17-21-10-5-4-6-11-21/h4-8,10-13,16,19,22,25-26,36H,9,14-15,17-18H2,1-3H3. The lowest BCUT2D eigenvalue weighted by atomic mass is 9.88. The highest BCUT2D eigenvalue weighted by Crippen LogP contribution is 2.34. The normalized spacial score (nSPS) is 18.4. The molecule has 0 radical (unpaired) electrons. The first-order valence-corrected chi connectivity index (χ1v) is 15.4. The maximum absolute atomic E-state index is 14.4. The number of nitrogens with one attached hydrogen (secondary N) is 1. The van der Waals surface area contributed by atoms with Crippen LogP contribution in [-0.4, -0.2) is 68.6 Å². The minimum atomic E-state index is -2.20. The molecule has 234 valence electrons. The third-order valence-electron chi connectivity index (χ3n) is 7.52. The fourth-order valence-corrected chi connectivity index (χ4v) is 5.70. The number of hydrogen-bond acceptors (Lipinski definition) is 7. The SMILES string of the molecule is CC(=CC(C)C)C(OC(=N)C(Cl)(Cl)Cl)C(CCCN1C(=O)c2ccccc2C1=O)C(=O)N1C(=O)OCC1Cc1ccccc1. The number of benzene rings is 2. The molecule has 4 rings (SSSR count). The van der Waals surface area contributed by atoms with Gasteiger partial charge in [-0.1, -0.05) is 97.2 Å². The number of ether oxygens (including phenoxy) is 2. The van der Waals surface area contributed by atoms with E-state index < -0.39 is 51.6 Å². The molecular weight excluding hydrogens is 629 g/mol. The third kappa shape index (κ3) is 7.62. The van der Waals surface area contributed by atoms with E-state index in [0.717, 1.165) is 15.4 Å². The molecule has 2 heterocycles. The molecule has 12 heteroatoms. The summed E-state index contributed by atoms with van der Waals surface area (Å²) in [6, 6.07) is 15.4. The molecule has 4 amide bonds. The molecule has 1 fully saturated rings. The van der Waals surface area contributed by atoms with Crippen molar-refractivity contribution in [2.24, 2.45) is 11.8 Å². The Morgan fingerprint density at radius 2 is 1.64 bits per heavy atom. The van der Waals surface area contributed by atoms with Crippen LogP contribution in [0.3, 0.4) is 0 Å². The van der Waals surface area contributed by atoms with E-state index in [9.17, 15) is 19.2 Å². The molecule has 0 aromatic heterocycles. The number of allylic oxidation sites excluding steroid dienone is 1. The molecule has 44 heavy (non-hydrogen) atoms. The number of hydrogen-bond donors (Lipinski definition) is 1. The first-order chi connectivity index (χ1) is 20.8. The molecule has 1 saturated heterocycles. The number of nitrogens with zero attached hydrogens (tertiary/aromatic N) is 2. The zero-order chi connectivity index (χ0) is 32.2. The van der Waals surface area contributed by atoms with Gasteiger partial charge < -0.3 is 9.47 Å². The van der Waals surface area contributed by atoms with Crippen LogP contribution in [0.4, 0.5) is 4.79 Å². The molecule has 2 aliphatic rings. The predicted molar refractivity (Wildman–Crippen MR) is 168 cm³/mol. The number of halogens is 3. The largest absolute Gasteiger partial charge is 0.469 e. The van der Waals surface area contributed by atoms with Crippen LogP contribution in [0.25, 0.3) is 0 Å². The van der Waals surface area contributed by atoms with Gasteiger partial charge in [-0.05, 0) is 55.4 Å². The second-order valence-electron chi connectivity index (χ2n) is 11.2. The quantitative estimate of drug-likeness (QED) is 0.0953. The molecule has 2 aromatic rings. The number of alkyl halides is 3. The highest BCUT2D eigenvalue weighted by Gasteiger charge is 2.45. The lowest BCUT2D eigenvalue weighted by Gasteiger charge is -2.33. The van der Waals surface area contributed by atoms with Crippen molar-refractivity contribution in [3.8, 4) is 0 Å². The molecule has 0 aliphatic carbocycles. The summed E-state index contributed by atoms with van der Waals surface area (Å²) >= 11 is 17.9. The minimum Gasteiger partial charge on any atom is -0.469 e. The fourth-order valence-electron chi connectivity index (χ4n) is 5.57. The summed E-state index contributed by atoms with van der Waals surface area (Å²) in [4.78, 5) is 55.5. The Bertz CT molecular complexity index is 1420. The van der Waals surface area contributed by atoms with Crippen LogP contribution in [-0.2, 0) is 20.7 Å². The van der Waals surface area contributed by atoms with E-state index in [1.807, 2.05) is 50.3 Å². The minimum absolute atomic E-state index is 0.0114. The molecule has 2 aromatic carbocycles. The third-order valence-corrected chi connectivity index (χ3v) is 8.03. The molecule has 1 N–H and O–H groups in total. The first kappa shape index (κ1) is 33.5. The molecular formula is C32H34Cl3N3O6. The Balaban J connectivity index is 1.65. The van der Waals surface area contributed by atoms with Crippen molar-refractivity contribution < 1.29 is 28.7 Å². The van der Waals surface area contributed by atoms with Crippen molar-refractivity contribution in [1.82, 2.24) is 9.80 Å². The molecule has 0 bridgehead atoms. The summed E-state index contributed by atoms with van der Waals surface area (Å²) in [5, 5.41) is 8.30. The molecule has 3 unspecified atom stereocenters. The van der Waals surface area contributed by atoms with Gasteiger partial charge in [0.1, 0.15) is 12.7 Å². The zero-order valence-corrected chi connectivity index (χ0v) is 26.9. The van der Waals surface area contributed by atoms with E-state index in [4.69, 9.17) is 49.7 Å². The van der Waals surface area contributed by atoms with Crippen LogP contribution in [0.15, 0.2) is 66.2 Å². The van der Waals surface area contributed by atoms with Gasteiger partial charge in [0.25, 0.3) is 15.6 Å². The average molecular weight is 663 g/mol. The van der Waals surface area contributed by atoms with Crippen molar-refractivity contribution >= 4 is 64.5 Å². The van der Waals surface area contributed by atoms with E-state index in [2.05, 4.69) is 0 Å². The van der Waals surface area contributed by atoms with Gasteiger partial charge >= 0.3 is 6.09 Å². The van der Waals surface area contributed by atoms with Gasteiger partial charge in [-0.15, -0.1) is 0 Å². The summed E-state index contributed by atoms with van der Waals surface area (Å²) in [7, 11) is 0. The van der Waals surface area contributed by atoms with Gasteiger partial charge in [-0.25, -0.2) is 9.69 Å². The van der Waals surface area contributed by atoms with Gasteiger partial charge in [0, 0.05) is 6.54 Å². The highest BCUT2D eigenvalue weighted by molar-refractivity contribution is 6.76. The number of carbonyl (C=O) groups excluding carboxylic acids is 4. The van der Waals surface area contributed by atoms with Gasteiger partial charge in [-0.2, -0.15) is 0 Å². The summed E-state index contributed by atoms with van der Waals surface area (Å²) in [6.45, 7) is 5.65. The maximum Gasteiger partial charge on any atom is 0.416 e. The Morgan fingerprint density at radius 1 is 1.05 bits per heavy atom. The summed E-state index contributed by atoms with van der Waals surface area (Å²) in [5.74, 6) is -3.12. The number of amides is 4. The van der Waals surface area contributed by atoms with E-state index in [1.165, 1.54) is 0 Å². The Kier molecular flexibility index (Phi) is 10.8. The summed E-state index contributed by atoms with van der Waals surface area (Å²) in [6.07, 6.45) is 0.628. The van der Waals surface area contributed by atoms with Gasteiger partial charge in [0.2, 0.25) is 11.8 Å². The smallest absolute Gasteiger partial charge is 0.416 e. The first-order valence-electron chi connectivity index (χ1n) is 14.3. The number of fused-ring (bicyclic) bond motifs is 1. The van der Waals surface area contributed by atoms with Crippen LogP contribution in [0.1, 0.15) is 59.9 Å². The lowest BCUT2D eigenvalue weighted by molar-refractivity contribution is -0.136. The Labute approximate surface area is 271 Å². The second-order valence-corrected chi connectivity index (χ2v) is 13.5. The number of cyclic esters (lactones) is 1. The van der Waals surface area contributed by atoms with Crippen LogP contribution in [0.2, 0.25) is 0 Å². The van der Waals surface area contributed by atoms with E-state index in [0.29, 0.717) is 23.1 Å². The topological polar surface area (TPSA) is 117 Å². The van der Waals surface area contributed by atoms with Crippen LogP contribution >= 0.6 is 34.8 Å². The van der Waals surface area contributed by atoms with Gasteiger partial charge in [0.15, 0.2) is 0 Å². The molecule has 0 spiro atoms. The van der Waals surface area contributed by atoms with E-state index >= 15 is 0 Å². The van der Waals surface area contributed by atoms with Crippen LogP contribution in [0.5, 0.6) is 0 Å². The van der Waals surface area contributed by atoms with Crippen molar-refractivity contribution in [2.75, 3.05) is 13.2 Å². The highest BCUT2D eigenvalue weighted by atomic mass is 35.6. The van der Waals surface area contributed by atoms with E-state index in [-0.39, 0.29) is 31.9 Å². The maximum atomic E-state index is 14.4. The molecule has 9 nitrogen and oxygen atoms in total. The summed E-state index contributed by atoms with van der Waals surface area (Å²) < 4.78 is 9.01. The molecule has 0 saturated carbocycles. The van der Waals surface area contributed by atoms with E-state index in [1.54, 1.807) is 31.2 Å². The van der Waals surface area contributed by atoms with Crippen molar-refractivity contribution in [3.05, 3.63) is 82.9 Å². The number of imide groups is 2. The fraction of sp³-hybridized carbons (Fsp3) is 0.406. The number of rotatable bonds is 11. The van der Waals surface area contributed by atoms with Crippen LogP contribution in [0, 0.1) is 17.2 Å². The Hall–Kier alpha value is -3.40. The Morgan fingerprint density at radius 3 is 2.20 bits per heavy atom. The van der Waals surface area contributed by atoms with Crippen molar-refractivity contribution in [2.45, 2.75) is 56.0 Å². The zero-order valence-electron chi connectivity index (χ0n) is 24.6.